The van der Waals surface area contributed by atoms with Crippen molar-refractivity contribution in [2.45, 2.75) is 13.3 Å². The van der Waals surface area contributed by atoms with E-state index in [0.717, 1.165) is 29.4 Å². The van der Waals surface area contributed by atoms with Crippen LogP contribution in [0.4, 0.5) is 0 Å². The molecule has 0 bridgehead atoms. The van der Waals surface area contributed by atoms with Crippen LogP contribution in [0.3, 0.4) is 0 Å². The lowest BCUT2D eigenvalue weighted by molar-refractivity contribution is -0.105. The first-order chi connectivity index (χ1) is 6.72. The third-order valence-corrected chi connectivity index (χ3v) is 2.73. The summed E-state index contributed by atoms with van der Waals surface area (Å²) in [6.45, 7) is 2.00. The molecular weight excluding hydrogens is 176 g/mol. The van der Waals surface area contributed by atoms with Gasteiger partial charge in [-0.1, -0.05) is 19.1 Å². The number of allylic oxidation sites excluding steroid dienone is 1. The van der Waals surface area contributed by atoms with Gasteiger partial charge in [-0.3, -0.25) is 4.79 Å². The van der Waals surface area contributed by atoms with Crippen LogP contribution < -0.4 is 0 Å². The molecule has 0 heterocycles. The van der Waals surface area contributed by atoms with Crippen LogP contribution in [0.2, 0.25) is 0 Å². The number of phenolic OH excluding ortho intramolecular Hbond substituents is 1. The third kappa shape index (κ3) is 1.33. The lowest BCUT2D eigenvalue weighted by Crippen LogP contribution is -2.10. The average molecular weight is 188 g/mol. The fourth-order valence-electron chi connectivity index (χ4n) is 1.85. The van der Waals surface area contributed by atoms with Crippen LogP contribution in [-0.2, 0) is 11.2 Å². The fourth-order valence-corrected chi connectivity index (χ4v) is 1.85. The highest BCUT2D eigenvalue weighted by molar-refractivity contribution is 5.84. The number of aromatic hydroxyl groups is 1. The van der Waals surface area contributed by atoms with Gasteiger partial charge in [-0.25, -0.2) is 0 Å². The second kappa shape index (κ2) is 3.29. The van der Waals surface area contributed by atoms with Crippen LogP contribution in [0.5, 0.6) is 5.75 Å². The molecule has 1 aliphatic carbocycles. The van der Waals surface area contributed by atoms with Crippen molar-refractivity contribution in [1.29, 1.82) is 0 Å². The summed E-state index contributed by atoms with van der Waals surface area (Å²) in [7, 11) is 0. The third-order valence-electron chi connectivity index (χ3n) is 2.73. The van der Waals surface area contributed by atoms with E-state index >= 15 is 0 Å². The molecule has 2 heteroatoms. The Balaban J connectivity index is 2.56. The molecule has 0 radical (unpaired) electrons. The molecule has 2 nitrogen and oxygen atoms in total. The first-order valence-electron chi connectivity index (χ1n) is 4.70. The van der Waals surface area contributed by atoms with Gasteiger partial charge in [0.25, 0.3) is 0 Å². The van der Waals surface area contributed by atoms with E-state index in [2.05, 4.69) is 0 Å². The highest BCUT2D eigenvalue weighted by Crippen LogP contribution is 2.32. The summed E-state index contributed by atoms with van der Waals surface area (Å²) in [4.78, 5) is 10.7. The van der Waals surface area contributed by atoms with Crippen molar-refractivity contribution in [1.82, 2.24) is 0 Å². The van der Waals surface area contributed by atoms with E-state index in [0.29, 0.717) is 5.75 Å². The second-order valence-electron chi connectivity index (χ2n) is 3.71. The Morgan fingerprint density at radius 1 is 1.50 bits per heavy atom. The van der Waals surface area contributed by atoms with E-state index in [1.807, 2.05) is 19.1 Å². The molecule has 0 fully saturated rings. The quantitative estimate of drug-likeness (QED) is 0.686. The molecule has 0 saturated heterocycles. The van der Waals surface area contributed by atoms with Crippen LogP contribution in [-0.4, -0.2) is 11.4 Å². The van der Waals surface area contributed by atoms with E-state index in [9.17, 15) is 9.90 Å². The Hall–Kier alpha value is -1.57. The van der Waals surface area contributed by atoms with E-state index in [1.54, 1.807) is 12.1 Å². The molecule has 2 rings (SSSR count). The minimum atomic E-state index is 0.202. The number of carbonyl (C=O) groups is 1. The maximum absolute atomic E-state index is 10.7. The predicted molar refractivity (Wildman–Crippen MR) is 55.0 cm³/mol. The van der Waals surface area contributed by atoms with Crippen LogP contribution in [0.15, 0.2) is 23.8 Å². The standard InChI is InChI=1S/C12H12O2/c1-8-5-11-9(6-10(8)7-13)3-2-4-12(11)14/h2-4,6-8,14H,5H2,1H3. The Morgan fingerprint density at radius 3 is 3.00 bits per heavy atom. The van der Waals surface area contributed by atoms with Crippen LogP contribution in [0.25, 0.3) is 6.08 Å². The Bertz CT molecular complexity index is 405. The van der Waals surface area contributed by atoms with Crippen LogP contribution in [0.1, 0.15) is 18.1 Å². The minimum absolute atomic E-state index is 0.202. The molecule has 1 aromatic carbocycles. The van der Waals surface area contributed by atoms with Gasteiger partial charge in [0.1, 0.15) is 12.0 Å². The van der Waals surface area contributed by atoms with Gasteiger partial charge >= 0.3 is 0 Å². The molecule has 14 heavy (non-hydrogen) atoms. The van der Waals surface area contributed by atoms with Gasteiger partial charge in [0.2, 0.25) is 0 Å². The zero-order valence-electron chi connectivity index (χ0n) is 8.03. The summed E-state index contributed by atoms with van der Waals surface area (Å²) >= 11 is 0. The zero-order valence-corrected chi connectivity index (χ0v) is 8.03. The van der Waals surface area contributed by atoms with Crippen molar-refractivity contribution in [3.05, 3.63) is 34.9 Å². The highest BCUT2D eigenvalue weighted by Gasteiger charge is 2.19. The van der Waals surface area contributed by atoms with Gasteiger partial charge in [-0.2, -0.15) is 0 Å². The molecule has 0 aliphatic heterocycles. The molecule has 1 atom stereocenters. The Morgan fingerprint density at radius 2 is 2.29 bits per heavy atom. The van der Waals surface area contributed by atoms with Crippen molar-refractivity contribution in [2.75, 3.05) is 0 Å². The lowest BCUT2D eigenvalue weighted by atomic mass is 9.85. The summed E-state index contributed by atoms with van der Waals surface area (Å²) < 4.78 is 0. The molecule has 0 aromatic heterocycles. The largest absolute Gasteiger partial charge is 0.508 e. The average Bonchev–Trinajstić information content (AvgIpc) is 2.19. The minimum Gasteiger partial charge on any atom is -0.508 e. The SMILES string of the molecule is CC1Cc2c(O)cccc2C=C1C=O. The molecule has 1 N–H and O–H groups in total. The van der Waals surface area contributed by atoms with Gasteiger partial charge in [0.15, 0.2) is 0 Å². The monoisotopic (exact) mass is 188 g/mol. The summed E-state index contributed by atoms with van der Waals surface area (Å²) in [5.74, 6) is 0.531. The number of carbonyl (C=O) groups excluding carboxylic acids is 1. The lowest BCUT2D eigenvalue weighted by Gasteiger charge is -2.20. The number of phenols is 1. The summed E-state index contributed by atoms with van der Waals surface area (Å²) in [5, 5.41) is 9.62. The first-order valence-corrected chi connectivity index (χ1v) is 4.70. The topological polar surface area (TPSA) is 37.3 Å². The summed E-state index contributed by atoms with van der Waals surface area (Å²) in [6.07, 6.45) is 3.50. The molecule has 1 aliphatic rings. The molecule has 1 aromatic rings. The van der Waals surface area contributed by atoms with Crippen LogP contribution in [0, 0.1) is 5.92 Å². The summed E-state index contributed by atoms with van der Waals surface area (Å²) in [5.41, 5.74) is 2.72. The van der Waals surface area contributed by atoms with Crippen molar-refractivity contribution in [3.8, 4) is 5.75 Å². The highest BCUT2D eigenvalue weighted by atomic mass is 16.3. The smallest absolute Gasteiger partial charge is 0.146 e. The zero-order chi connectivity index (χ0) is 10.1. The van der Waals surface area contributed by atoms with Crippen molar-refractivity contribution in [3.63, 3.8) is 0 Å². The Kier molecular flexibility index (Phi) is 2.12. The van der Waals surface area contributed by atoms with E-state index in [-0.39, 0.29) is 5.92 Å². The molecule has 0 spiro atoms. The van der Waals surface area contributed by atoms with E-state index in [4.69, 9.17) is 0 Å². The predicted octanol–water partition coefficient (Wildman–Crippen LogP) is 2.17. The number of rotatable bonds is 1. The van der Waals surface area contributed by atoms with Gasteiger partial charge in [-0.15, -0.1) is 0 Å². The number of hydrogen-bond acceptors (Lipinski definition) is 2. The van der Waals surface area contributed by atoms with Crippen LogP contribution >= 0.6 is 0 Å². The maximum Gasteiger partial charge on any atom is 0.146 e. The second-order valence-corrected chi connectivity index (χ2v) is 3.71. The number of aldehydes is 1. The number of fused-ring (bicyclic) bond motifs is 1. The van der Waals surface area contributed by atoms with Crippen molar-refractivity contribution in [2.24, 2.45) is 5.92 Å². The van der Waals surface area contributed by atoms with Gasteiger partial charge in [-0.05, 0) is 35.6 Å². The molecule has 0 amide bonds. The van der Waals surface area contributed by atoms with E-state index < -0.39 is 0 Å². The maximum atomic E-state index is 10.7. The molecule has 1 unspecified atom stereocenters. The normalized spacial score (nSPS) is 19.8. The Labute approximate surface area is 82.9 Å². The molecular formula is C12H12O2. The van der Waals surface area contributed by atoms with E-state index in [1.165, 1.54) is 0 Å². The molecule has 72 valence electrons. The summed E-state index contributed by atoms with van der Waals surface area (Å²) in [6, 6.07) is 5.40. The molecule has 0 saturated carbocycles. The fraction of sp³-hybridized carbons (Fsp3) is 0.250. The van der Waals surface area contributed by atoms with Crippen molar-refractivity contribution >= 4 is 12.4 Å². The number of benzene rings is 1. The van der Waals surface area contributed by atoms with Gasteiger partial charge < -0.3 is 5.11 Å². The number of hydrogen-bond donors (Lipinski definition) is 1. The van der Waals surface area contributed by atoms with Gasteiger partial charge in [0, 0.05) is 5.56 Å². The first kappa shape index (κ1) is 9.00. The van der Waals surface area contributed by atoms with Crippen molar-refractivity contribution < 1.29 is 9.90 Å². The van der Waals surface area contributed by atoms with Gasteiger partial charge in [0.05, 0.1) is 0 Å².